The normalized spacial score (nSPS) is 19.4. The van der Waals surface area contributed by atoms with Gasteiger partial charge in [0.25, 0.3) is 0 Å². The number of rotatable bonds is 5. The van der Waals surface area contributed by atoms with Gasteiger partial charge in [0.2, 0.25) is 0 Å². The average Bonchev–Trinajstić information content (AvgIpc) is 3.15. The summed E-state index contributed by atoms with van der Waals surface area (Å²) in [6.45, 7) is 8.92. The Hall–Kier alpha value is -2.11. The van der Waals surface area contributed by atoms with Gasteiger partial charge in [-0.3, -0.25) is 4.90 Å². The van der Waals surface area contributed by atoms with E-state index in [0.717, 1.165) is 56.3 Å². The van der Waals surface area contributed by atoms with Crippen LogP contribution in [-0.4, -0.2) is 53.9 Å². The summed E-state index contributed by atoms with van der Waals surface area (Å²) in [6, 6.07) is 11.3. The molecule has 1 aromatic heterocycles. The fraction of sp³-hybridized carbons (Fsp3) is 0.500. The van der Waals surface area contributed by atoms with Gasteiger partial charge in [-0.15, -0.1) is 0 Å². The smallest absolute Gasteiger partial charge is 0.128 e. The molecule has 1 fully saturated rings. The maximum Gasteiger partial charge on any atom is 0.128 e. The molecule has 4 rings (SSSR count). The van der Waals surface area contributed by atoms with Crippen LogP contribution in [0.25, 0.3) is 0 Å². The van der Waals surface area contributed by atoms with E-state index in [1.165, 1.54) is 11.1 Å². The maximum absolute atomic E-state index is 9.50. The molecule has 0 saturated carbocycles. The Kier molecular flexibility index (Phi) is 5.32. The summed E-state index contributed by atoms with van der Waals surface area (Å²) in [4.78, 5) is 9.49. The first-order chi connectivity index (χ1) is 13.1. The maximum atomic E-state index is 9.50. The molecule has 5 heteroatoms. The molecule has 5 nitrogen and oxygen atoms in total. The third-order valence-electron chi connectivity index (χ3n) is 5.73. The van der Waals surface area contributed by atoms with Crippen LogP contribution in [0.5, 0.6) is 5.75 Å². The highest BCUT2D eigenvalue weighted by molar-refractivity contribution is 5.42. The topological polar surface area (TPSA) is 48.8 Å². The lowest BCUT2D eigenvalue weighted by Gasteiger charge is -2.38. The number of ether oxygens (including phenoxy) is 1. The minimum Gasteiger partial charge on any atom is -0.493 e. The number of aliphatic hydroxyl groups excluding tert-OH is 1. The summed E-state index contributed by atoms with van der Waals surface area (Å²) in [5, 5.41) is 9.50. The van der Waals surface area contributed by atoms with Gasteiger partial charge >= 0.3 is 0 Å². The Morgan fingerprint density at radius 1 is 1.11 bits per heavy atom. The van der Waals surface area contributed by atoms with Crippen LogP contribution < -0.4 is 9.64 Å². The van der Waals surface area contributed by atoms with Gasteiger partial charge in [0, 0.05) is 44.8 Å². The molecule has 1 saturated heterocycles. The predicted octanol–water partition coefficient (Wildman–Crippen LogP) is 2.82. The molecule has 3 heterocycles. The fourth-order valence-electron chi connectivity index (χ4n) is 4.06. The molecule has 2 aliphatic rings. The van der Waals surface area contributed by atoms with Gasteiger partial charge in [-0.2, -0.15) is 0 Å². The van der Waals surface area contributed by atoms with Crippen molar-refractivity contribution in [3.05, 3.63) is 53.2 Å². The second kappa shape index (κ2) is 7.87. The van der Waals surface area contributed by atoms with Crippen molar-refractivity contribution in [3.8, 4) is 5.75 Å². The largest absolute Gasteiger partial charge is 0.493 e. The molecular formula is C22H29N3O2. The van der Waals surface area contributed by atoms with Crippen molar-refractivity contribution < 1.29 is 9.84 Å². The first kappa shape index (κ1) is 18.3. The van der Waals surface area contributed by atoms with E-state index in [4.69, 9.17) is 4.74 Å². The molecule has 27 heavy (non-hydrogen) atoms. The molecule has 0 radical (unpaired) electrons. The molecule has 2 aromatic rings. The van der Waals surface area contributed by atoms with Crippen molar-refractivity contribution in [2.45, 2.75) is 38.8 Å². The van der Waals surface area contributed by atoms with Crippen LogP contribution in [0.2, 0.25) is 0 Å². The first-order valence-corrected chi connectivity index (χ1v) is 9.98. The number of nitrogens with zero attached hydrogens (tertiary/aromatic N) is 3. The molecule has 1 N–H and O–H groups in total. The van der Waals surface area contributed by atoms with Gasteiger partial charge in [-0.05, 0) is 49.1 Å². The van der Waals surface area contributed by atoms with E-state index in [1.807, 2.05) is 6.20 Å². The van der Waals surface area contributed by atoms with E-state index < -0.39 is 0 Å². The lowest BCUT2D eigenvalue weighted by atomic mass is 10.0. The Morgan fingerprint density at radius 2 is 1.93 bits per heavy atom. The summed E-state index contributed by atoms with van der Waals surface area (Å²) in [5.74, 6) is 2.10. The number of hydrogen-bond acceptors (Lipinski definition) is 5. The Labute approximate surface area is 161 Å². The monoisotopic (exact) mass is 367 g/mol. The summed E-state index contributed by atoms with van der Waals surface area (Å²) in [7, 11) is 0. The van der Waals surface area contributed by atoms with Crippen LogP contribution >= 0.6 is 0 Å². The van der Waals surface area contributed by atoms with Crippen molar-refractivity contribution in [3.63, 3.8) is 0 Å². The van der Waals surface area contributed by atoms with E-state index in [2.05, 4.69) is 52.0 Å². The Morgan fingerprint density at radius 3 is 2.63 bits per heavy atom. The van der Waals surface area contributed by atoms with E-state index in [0.29, 0.717) is 12.5 Å². The fourth-order valence-corrected chi connectivity index (χ4v) is 4.06. The van der Waals surface area contributed by atoms with Crippen molar-refractivity contribution in [1.29, 1.82) is 0 Å². The molecule has 144 valence electrons. The van der Waals surface area contributed by atoms with Gasteiger partial charge in [-0.1, -0.05) is 18.2 Å². The number of aromatic nitrogens is 1. The molecule has 0 amide bonds. The van der Waals surface area contributed by atoms with E-state index in [1.54, 1.807) is 6.92 Å². The highest BCUT2D eigenvalue weighted by Crippen LogP contribution is 2.31. The quantitative estimate of drug-likeness (QED) is 0.881. The molecule has 2 atom stereocenters. The molecule has 0 aliphatic carbocycles. The van der Waals surface area contributed by atoms with E-state index in [-0.39, 0.29) is 6.10 Å². The van der Waals surface area contributed by atoms with Crippen LogP contribution in [0.15, 0.2) is 36.5 Å². The van der Waals surface area contributed by atoms with Gasteiger partial charge in [0.1, 0.15) is 11.6 Å². The molecule has 0 bridgehead atoms. The minimum atomic E-state index is -0.327. The highest BCUT2D eigenvalue weighted by atomic mass is 16.5. The lowest BCUT2D eigenvalue weighted by Crippen LogP contribution is -2.47. The summed E-state index contributed by atoms with van der Waals surface area (Å²) < 4.78 is 5.73. The van der Waals surface area contributed by atoms with Crippen LogP contribution in [-0.2, 0) is 12.8 Å². The molecular weight excluding hydrogens is 338 g/mol. The summed E-state index contributed by atoms with van der Waals surface area (Å²) in [6.07, 6.45) is 3.25. The van der Waals surface area contributed by atoms with Crippen molar-refractivity contribution in [2.24, 2.45) is 0 Å². The van der Waals surface area contributed by atoms with Gasteiger partial charge in [0.05, 0.1) is 12.7 Å². The van der Waals surface area contributed by atoms with Crippen molar-refractivity contribution >= 4 is 5.82 Å². The van der Waals surface area contributed by atoms with Gasteiger partial charge in [-0.25, -0.2) is 4.98 Å². The number of hydrogen-bond donors (Lipinski definition) is 1. The second-order valence-electron chi connectivity index (χ2n) is 7.74. The Bertz CT molecular complexity index is 768. The summed E-state index contributed by atoms with van der Waals surface area (Å²) in [5.41, 5.74) is 3.76. The SMILES string of the molecule is CC(O)Cc1ccc(N2CCN(C(C)c3ccc4c(c3)OCC4)CC2)nc1. The number of fused-ring (bicyclic) bond motifs is 1. The third kappa shape index (κ3) is 4.09. The molecule has 1 aromatic carbocycles. The summed E-state index contributed by atoms with van der Waals surface area (Å²) >= 11 is 0. The lowest BCUT2D eigenvalue weighted by molar-refractivity contribution is 0.195. The number of pyridine rings is 1. The van der Waals surface area contributed by atoms with Crippen molar-refractivity contribution in [1.82, 2.24) is 9.88 Å². The Balaban J connectivity index is 1.35. The van der Waals surface area contributed by atoms with Crippen LogP contribution in [0.4, 0.5) is 5.82 Å². The third-order valence-corrected chi connectivity index (χ3v) is 5.73. The van der Waals surface area contributed by atoms with Crippen LogP contribution in [0.3, 0.4) is 0 Å². The number of piperazine rings is 1. The molecule has 2 aliphatic heterocycles. The number of aliphatic hydroxyl groups is 1. The number of anilines is 1. The van der Waals surface area contributed by atoms with E-state index in [9.17, 15) is 5.11 Å². The highest BCUT2D eigenvalue weighted by Gasteiger charge is 2.24. The molecule has 0 spiro atoms. The van der Waals surface area contributed by atoms with Crippen molar-refractivity contribution in [2.75, 3.05) is 37.7 Å². The van der Waals surface area contributed by atoms with Gasteiger partial charge in [0.15, 0.2) is 0 Å². The zero-order valence-corrected chi connectivity index (χ0v) is 16.3. The predicted molar refractivity (Wildman–Crippen MR) is 107 cm³/mol. The first-order valence-electron chi connectivity index (χ1n) is 9.98. The zero-order valence-electron chi connectivity index (χ0n) is 16.3. The standard InChI is InChI=1S/C22H29N3O2/c1-16(26)13-18-3-6-22(23-15-18)25-10-8-24(9-11-25)17(2)20-5-4-19-7-12-27-21(19)14-20/h3-6,14-17,26H,7-13H2,1-2H3. The van der Waals surface area contributed by atoms with Crippen LogP contribution in [0, 0.1) is 0 Å². The second-order valence-corrected chi connectivity index (χ2v) is 7.74. The van der Waals surface area contributed by atoms with E-state index >= 15 is 0 Å². The van der Waals surface area contributed by atoms with Crippen LogP contribution in [0.1, 0.15) is 36.6 Å². The number of benzene rings is 1. The average molecular weight is 367 g/mol. The molecule has 2 unspecified atom stereocenters. The minimum absolute atomic E-state index is 0.327. The zero-order chi connectivity index (χ0) is 18.8. The van der Waals surface area contributed by atoms with Gasteiger partial charge < -0.3 is 14.7 Å².